The molecule has 2 aromatic heterocycles. The van der Waals surface area contributed by atoms with Crippen molar-refractivity contribution in [2.75, 3.05) is 0 Å². The molecule has 0 aromatic carbocycles. The van der Waals surface area contributed by atoms with Crippen LogP contribution >= 0.6 is 0 Å². The standard InChI is InChI=1S/C12H16N4/c1-12(2,3)10-14-11-13-7-8-5-4-6-9(8)16(11)15-10/h7H,4-6H2,1-3H3. The number of rotatable bonds is 0. The smallest absolute Gasteiger partial charge is 0.219 e. The van der Waals surface area contributed by atoms with Gasteiger partial charge in [0.05, 0.1) is 5.69 Å². The van der Waals surface area contributed by atoms with Crippen molar-refractivity contribution >= 4 is 5.78 Å². The molecule has 0 saturated heterocycles. The van der Waals surface area contributed by atoms with Crippen molar-refractivity contribution in [3.05, 3.63) is 23.3 Å². The second kappa shape index (κ2) is 3.03. The van der Waals surface area contributed by atoms with Crippen LogP contribution in [-0.4, -0.2) is 19.6 Å². The Morgan fingerprint density at radius 1 is 1.25 bits per heavy atom. The Bertz CT molecular complexity index is 548. The molecule has 0 saturated carbocycles. The van der Waals surface area contributed by atoms with E-state index in [0.717, 1.165) is 24.4 Å². The summed E-state index contributed by atoms with van der Waals surface area (Å²) < 4.78 is 1.93. The van der Waals surface area contributed by atoms with Gasteiger partial charge in [0, 0.05) is 11.6 Å². The van der Waals surface area contributed by atoms with Gasteiger partial charge in [0.25, 0.3) is 5.78 Å². The first kappa shape index (κ1) is 9.75. The van der Waals surface area contributed by atoms with Crippen LogP contribution < -0.4 is 0 Å². The molecule has 0 aliphatic heterocycles. The number of nitrogens with zero attached hydrogens (tertiary/aromatic N) is 4. The van der Waals surface area contributed by atoms with Crippen LogP contribution in [0, 0.1) is 0 Å². The van der Waals surface area contributed by atoms with Crippen LogP contribution in [0.4, 0.5) is 0 Å². The van der Waals surface area contributed by atoms with E-state index in [0.29, 0.717) is 0 Å². The number of fused-ring (bicyclic) bond motifs is 3. The first-order valence-electron chi connectivity index (χ1n) is 5.80. The van der Waals surface area contributed by atoms with Gasteiger partial charge in [0.2, 0.25) is 0 Å². The molecule has 16 heavy (non-hydrogen) atoms. The molecule has 0 unspecified atom stereocenters. The van der Waals surface area contributed by atoms with Crippen molar-refractivity contribution in [2.24, 2.45) is 0 Å². The third-order valence-electron chi connectivity index (χ3n) is 3.08. The zero-order valence-electron chi connectivity index (χ0n) is 9.99. The number of aryl methyl sites for hydroxylation is 2. The monoisotopic (exact) mass is 216 g/mol. The van der Waals surface area contributed by atoms with Crippen molar-refractivity contribution in [3.63, 3.8) is 0 Å². The molecule has 0 amide bonds. The predicted molar refractivity (Wildman–Crippen MR) is 61.5 cm³/mol. The summed E-state index contributed by atoms with van der Waals surface area (Å²) in [5.74, 6) is 1.62. The highest BCUT2D eigenvalue weighted by atomic mass is 15.3. The molecule has 0 atom stereocenters. The van der Waals surface area contributed by atoms with E-state index in [1.807, 2.05) is 10.7 Å². The molecule has 0 radical (unpaired) electrons. The van der Waals surface area contributed by atoms with Crippen LogP contribution in [0.5, 0.6) is 0 Å². The van der Waals surface area contributed by atoms with E-state index in [1.54, 1.807) is 0 Å². The van der Waals surface area contributed by atoms with E-state index in [-0.39, 0.29) is 5.41 Å². The quantitative estimate of drug-likeness (QED) is 0.675. The Hall–Kier alpha value is -1.45. The number of aromatic nitrogens is 4. The Morgan fingerprint density at radius 2 is 2.06 bits per heavy atom. The van der Waals surface area contributed by atoms with Gasteiger partial charge in [0.15, 0.2) is 5.82 Å². The SMILES string of the molecule is CC(C)(C)c1nc2ncc3c(n2n1)CCC3. The van der Waals surface area contributed by atoms with Crippen LogP contribution in [0.3, 0.4) is 0 Å². The molecule has 4 heteroatoms. The van der Waals surface area contributed by atoms with Crippen LogP contribution in [0.25, 0.3) is 5.78 Å². The maximum absolute atomic E-state index is 4.60. The highest BCUT2D eigenvalue weighted by Gasteiger charge is 2.23. The van der Waals surface area contributed by atoms with Crippen LogP contribution in [0.15, 0.2) is 6.20 Å². The average Bonchev–Trinajstić information content (AvgIpc) is 2.81. The highest BCUT2D eigenvalue weighted by molar-refractivity contribution is 5.35. The van der Waals surface area contributed by atoms with Crippen molar-refractivity contribution in [3.8, 4) is 0 Å². The van der Waals surface area contributed by atoms with Gasteiger partial charge < -0.3 is 0 Å². The fourth-order valence-corrected chi connectivity index (χ4v) is 2.15. The third-order valence-corrected chi connectivity index (χ3v) is 3.08. The molecule has 0 spiro atoms. The van der Waals surface area contributed by atoms with E-state index in [9.17, 15) is 0 Å². The van der Waals surface area contributed by atoms with Crippen LogP contribution in [-0.2, 0) is 18.3 Å². The Labute approximate surface area is 94.7 Å². The van der Waals surface area contributed by atoms with Gasteiger partial charge in [-0.15, -0.1) is 5.10 Å². The van der Waals surface area contributed by atoms with Crippen LogP contribution in [0.1, 0.15) is 44.3 Å². The maximum atomic E-state index is 4.60. The van der Waals surface area contributed by atoms with Crippen LogP contribution in [0.2, 0.25) is 0 Å². The summed E-state index contributed by atoms with van der Waals surface area (Å²) in [6.45, 7) is 6.38. The minimum absolute atomic E-state index is 0.0147. The Kier molecular flexibility index (Phi) is 1.85. The lowest BCUT2D eigenvalue weighted by Crippen LogP contribution is -2.13. The molecule has 0 bridgehead atoms. The van der Waals surface area contributed by atoms with E-state index >= 15 is 0 Å². The Morgan fingerprint density at radius 3 is 2.81 bits per heavy atom. The first-order chi connectivity index (χ1) is 7.55. The fraction of sp³-hybridized carbons (Fsp3) is 0.583. The molecular weight excluding hydrogens is 200 g/mol. The largest absolute Gasteiger partial charge is 0.252 e. The number of hydrogen-bond donors (Lipinski definition) is 0. The average molecular weight is 216 g/mol. The molecule has 1 aliphatic carbocycles. The summed E-state index contributed by atoms with van der Waals surface area (Å²) >= 11 is 0. The summed E-state index contributed by atoms with van der Waals surface area (Å²) in [7, 11) is 0. The van der Waals surface area contributed by atoms with Gasteiger partial charge in [0.1, 0.15) is 0 Å². The second-order valence-corrected chi connectivity index (χ2v) is 5.48. The van der Waals surface area contributed by atoms with Crippen molar-refractivity contribution in [1.29, 1.82) is 0 Å². The molecule has 1 aliphatic rings. The summed E-state index contributed by atoms with van der Waals surface area (Å²) in [5, 5.41) is 4.60. The van der Waals surface area contributed by atoms with Crippen molar-refractivity contribution in [2.45, 2.75) is 45.4 Å². The number of hydrogen-bond acceptors (Lipinski definition) is 3. The first-order valence-corrected chi connectivity index (χ1v) is 5.80. The van der Waals surface area contributed by atoms with E-state index in [4.69, 9.17) is 0 Å². The summed E-state index contributed by atoms with van der Waals surface area (Å²) in [4.78, 5) is 8.88. The molecule has 2 aromatic rings. The lowest BCUT2D eigenvalue weighted by Gasteiger charge is -2.11. The minimum atomic E-state index is -0.0147. The summed E-state index contributed by atoms with van der Waals surface area (Å²) in [6, 6.07) is 0. The fourth-order valence-electron chi connectivity index (χ4n) is 2.15. The predicted octanol–water partition coefficient (Wildman–Crippen LogP) is 1.91. The lowest BCUT2D eigenvalue weighted by molar-refractivity contribution is 0.544. The van der Waals surface area contributed by atoms with Crippen molar-refractivity contribution < 1.29 is 0 Å². The molecule has 0 fully saturated rings. The summed E-state index contributed by atoms with van der Waals surface area (Å²) in [6.07, 6.45) is 5.39. The molecule has 3 rings (SSSR count). The van der Waals surface area contributed by atoms with Gasteiger partial charge in [-0.2, -0.15) is 4.98 Å². The lowest BCUT2D eigenvalue weighted by atomic mass is 9.96. The molecule has 84 valence electrons. The van der Waals surface area contributed by atoms with Gasteiger partial charge in [-0.1, -0.05) is 20.8 Å². The molecular formula is C12H16N4. The topological polar surface area (TPSA) is 43.1 Å². The molecule has 0 N–H and O–H groups in total. The normalized spacial score (nSPS) is 15.7. The second-order valence-electron chi connectivity index (χ2n) is 5.48. The minimum Gasteiger partial charge on any atom is -0.219 e. The maximum Gasteiger partial charge on any atom is 0.252 e. The van der Waals surface area contributed by atoms with E-state index in [2.05, 4.69) is 35.8 Å². The van der Waals surface area contributed by atoms with Gasteiger partial charge in [-0.25, -0.2) is 9.50 Å². The Balaban J connectivity index is 2.26. The zero-order chi connectivity index (χ0) is 11.3. The van der Waals surface area contributed by atoms with E-state index in [1.165, 1.54) is 17.7 Å². The third kappa shape index (κ3) is 1.32. The highest BCUT2D eigenvalue weighted by Crippen LogP contribution is 2.23. The molecule has 4 nitrogen and oxygen atoms in total. The molecule has 2 heterocycles. The van der Waals surface area contributed by atoms with E-state index < -0.39 is 0 Å². The summed E-state index contributed by atoms with van der Waals surface area (Å²) in [5.41, 5.74) is 2.62. The van der Waals surface area contributed by atoms with Crippen molar-refractivity contribution in [1.82, 2.24) is 19.6 Å². The van der Waals surface area contributed by atoms with Gasteiger partial charge in [-0.3, -0.25) is 0 Å². The van der Waals surface area contributed by atoms with Gasteiger partial charge in [-0.05, 0) is 24.8 Å². The zero-order valence-corrected chi connectivity index (χ0v) is 9.99. The van der Waals surface area contributed by atoms with Gasteiger partial charge >= 0.3 is 0 Å².